The molecule has 2 heterocycles. The van der Waals surface area contributed by atoms with E-state index in [0.29, 0.717) is 0 Å². The molecule has 1 aliphatic heterocycles. The molecule has 0 aliphatic carbocycles. The maximum absolute atomic E-state index is 11.0. The van der Waals surface area contributed by atoms with Crippen LogP contribution in [0.25, 0.3) is 0 Å². The van der Waals surface area contributed by atoms with E-state index >= 15 is 0 Å². The molecule has 1 N–H and O–H groups in total. The van der Waals surface area contributed by atoms with Crippen LogP contribution in [-0.4, -0.2) is 28.6 Å². The normalized spacial score (nSPS) is 20.6. The Kier molecular flexibility index (Phi) is 2.58. The predicted octanol–water partition coefficient (Wildman–Crippen LogP) is 1.44. The van der Waals surface area contributed by atoms with Gasteiger partial charge in [0, 0.05) is 24.1 Å². The molecule has 15 heavy (non-hydrogen) atoms. The lowest BCUT2D eigenvalue weighted by Gasteiger charge is -2.23. The summed E-state index contributed by atoms with van der Waals surface area (Å²) in [5, 5.41) is 9.06. The van der Waals surface area contributed by atoms with Crippen molar-refractivity contribution in [2.45, 2.75) is 25.8 Å². The number of carboxylic acid groups (broad SMARTS) is 1. The van der Waals surface area contributed by atoms with Crippen LogP contribution in [0.5, 0.6) is 0 Å². The van der Waals surface area contributed by atoms with Crippen LogP contribution in [0.4, 0.5) is 5.69 Å². The summed E-state index contributed by atoms with van der Waals surface area (Å²) in [5.41, 5.74) is 1.89. The van der Waals surface area contributed by atoms with Gasteiger partial charge >= 0.3 is 5.97 Å². The molecule has 1 atom stereocenters. The van der Waals surface area contributed by atoms with Crippen molar-refractivity contribution in [2.75, 3.05) is 11.4 Å². The maximum atomic E-state index is 11.0. The molecule has 4 heteroatoms. The molecular formula is C11H14N2O2. The van der Waals surface area contributed by atoms with Crippen LogP contribution in [0.3, 0.4) is 0 Å². The van der Waals surface area contributed by atoms with E-state index < -0.39 is 5.97 Å². The molecule has 0 radical (unpaired) electrons. The summed E-state index contributed by atoms with van der Waals surface area (Å²) >= 11 is 0. The molecule has 4 nitrogen and oxygen atoms in total. The summed E-state index contributed by atoms with van der Waals surface area (Å²) in [6, 6.07) is 3.43. The lowest BCUT2D eigenvalue weighted by atomic mass is 10.2. The number of aromatic nitrogens is 1. The Hall–Kier alpha value is -1.58. The highest BCUT2D eigenvalue weighted by Gasteiger charge is 2.30. The number of anilines is 1. The van der Waals surface area contributed by atoms with Crippen molar-refractivity contribution < 1.29 is 9.90 Å². The van der Waals surface area contributed by atoms with Crippen LogP contribution in [0.2, 0.25) is 0 Å². The van der Waals surface area contributed by atoms with Gasteiger partial charge in [-0.3, -0.25) is 4.98 Å². The highest BCUT2D eigenvalue weighted by molar-refractivity contribution is 5.78. The van der Waals surface area contributed by atoms with Crippen LogP contribution >= 0.6 is 0 Å². The van der Waals surface area contributed by atoms with Crippen molar-refractivity contribution in [1.82, 2.24) is 4.98 Å². The first kappa shape index (κ1) is 9.96. The van der Waals surface area contributed by atoms with E-state index in [0.717, 1.165) is 30.8 Å². The number of aryl methyl sites for hydroxylation is 1. The molecule has 1 aromatic rings. The van der Waals surface area contributed by atoms with Gasteiger partial charge in [0.25, 0.3) is 0 Å². The quantitative estimate of drug-likeness (QED) is 0.795. The third-order valence-electron chi connectivity index (χ3n) is 2.75. The predicted molar refractivity (Wildman–Crippen MR) is 57.0 cm³/mol. The van der Waals surface area contributed by atoms with Gasteiger partial charge in [-0.15, -0.1) is 0 Å². The number of nitrogens with zero attached hydrogens (tertiary/aromatic N) is 2. The van der Waals surface area contributed by atoms with E-state index in [9.17, 15) is 4.79 Å². The van der Waals surface area contributed by atoms with Crippen LogP contribution in [-0.2, 0) is 4.79 Å². The minimum atomic E-state index is -0.734. The third-order valence-corrected chi connectivity index (χ3v) is 2.75. The summed E-state index contributed by atoms with van der Waals surface area (Å²) in [6.45, 7) is 2.73. The van der Waals surface area contributed by atoms with Crippen LogP contribution in [0, 0.1) is 6.92 Å². The van der Waals surface area contributed by atoms with Gasteiger partial charge in [-0.2, -0.15) is 0 Å². The van der Waals surface area contributed by atoms with Crippen LogP contribution < -0.4 is 4.90 Å². The second-order valence-electron chi connectivity index (χ2n) is 3.85. The summed E-state index contributed by atoms with van der Waals surface area (Å²) in [6.07, 6.45) is 3.40. The Morgan fingerprint density at radius 3 is 3.13 bits per heavy atom. The summed E-state index contributed by atoms with van der Waals surface area (Å²) in [7, 11) is 0. The van der Waals surface area contributed by atoms with Gasteiger partial charge in [0.15, 0.2) is 0 Å². The zero-order chi connectivity index (χ0) is 10.8. The summed E-state index contributed by atoms with van der Waals surface area (Å²) in [4.78, 5) is 17.1. The highest BCUT2D eigenvalue weighted by atomic mass is 16.4. The number of pyridine rings is 1. The standard InChI is InChI=1S/C11H14N2O2/c1-8-7-9(4-5-12-8)13-6-2-3-10(13)11(14)15/h4-5,7,10H,2-3,6H2,1H3,(H,14,15). The van der Waals surface area contributed by atoms with Crippen molar-refractivity contribution in [1.29, 1.82) is 0 Å². The second kappa shape index (κ2) is 3.88. The van der Waals surface area contributed by atoms with E-state index in [4.69, 9.17) is 5.11 Å². The lowest BCUT2D eigenvalue weighted by molar-refractivity contribution is -0.138. The highest BCUT2D eigenvalue weighted by Crippen LogP contribution is 2.25. The summed E-state index contributed by atoms with van der Waals surface area (Å²) < 4.78 is 0. The van der Waals surface area contributed by atoms with Crippen molar-refractivity contribution in [2.24, 2.45) is 0 Å². The molecule has 0 bridgehead atoms. The SMILES string of the molecule is Cc1cc(N2CCCC2C(=O)O)ccn1. The van der Waals surface area contributed by atoms with Crippen molar-refractivity contribution in [3.8, 4) is 0 Å². The van der Waals surface area contributed by atoms with Gasteiger partial charge in [-0.05, 0) is 31.9 Å². The fraction of sp³-hybridized carbons (Fsp3) is 0.455. The Balaban J connectivity index is 2.26. The van der Waals surface area contributed by atoms with E-state index in [1.54, 1.807) is 6.20 Å². The van der Waals surface area contributed by atoms with E-state index in [-0.39, 0.29) is 6.04 Å². The van der Waals surface area contributed by atoms with Crippen molar-refractivity contribution >= 4 is 11.7 Å². The minimum Gasteiger partial charge on any atom is -0.480 e. The van der Waals surface area contributed by atoms with Gasteiger partial charge in [-0.25, -0.2) is 4.79 Å². The van der Waals surface area contributed by atoms with Crippen molar-refractivity contribution in [3.63, 3.8) is 0 Å². The number of aliphatic carboxylic acids is 1. The molecule has 0 aromatic carbocycles. The molecule has 0 spiro atoms. The number of carboxylic acids is 1. The average molecular weight is 206 g/mol. The first-order valence-electron chi connectivity index (χ1n) is 5.10. The summed E-state index contributed by atoms with van der Waals surface area (Å²) in [5.74, 6) is -0.734. The van der Waals surface area contributed by atoms with Gasteiger partial charge < -0.3 is 10.0 Å². The Morgan fingerprint density at radius 1 is 1.67 bits per heavy atom. The number of hydrogen-bond acceptors (Lipinski definition) is 3. The molecule has 1 aromatic heterocycles. The smallest absolute Gasteiger partial charge is 0.326 e. The zero-order valence-corrected chi connectivity index (χ0v) is 8.68. The molecule has 1 saturated heterocycles. The minimum absolute atomic E-state index is 0.369. The number of rotatable bonds is 2. The third kappa shape index (κ3) is 1.93. The van der Waals surface area contributed by atoms with Crippen LogP contribution in [0.1, 0.15) is 18.5 Å². The number of carbonyl (C=O) groups is 1. The molecule has 2 rings (SSSR count). The fourth-order valence-electron chi connectivity index (χ4n) is 2.04. The van der Waals surface area contributed by atoms with Gasteiger partial charge in [0.05, 0.1) is 0 Å². The van der Waals surface area contributed by atoms with E-state index in [1.807, 2.05) is 24.0 Å². The van der Waals surface area contributed by atoms with Gasteiger partial charge in [0.1, 0.15) is 6.04 Å². The average Bonchev–Trinajstić information content (AvgIpc) is 2.65. The topological polar surface area (TPSA) is 53.4 Å². The Bertz CT molecular complexity index is 379. The monoisotopic (exact) mass is 206 g/mol. The Labute approximate surface area is 88.6 Å². The first-order chi connectivity index (χ1) is 7.18. The molecule has 0 saturated carbocycles. The lowest BCUT2D eigenvalue weighted by Crippen LogP contribution is -2.35. The van der Waals surface area contributed by atoms with Crippen molar-refractivity contribution in [3.05, 3.63) is 24.0 Å². The molecule has 1 aliphatic rings. The molecular weight excluding hydrogens is 192 g/mol. The molecule has 1 unspecified atom stereocenters. The second-order valence-corrected chi connectivity index (χ2v) is 3.85. The first-order valence-corrected chi connectivity index (χ1v) is 5.10. The molecule has 0 amide bonds. The fourth-order valence-corrected chi connectivity index (χ4v) is 2.04. The zero-order valence-electron chi connectivity index (χ0n) is 8.68. The Morgan fingerprint density at radius 2 is 2.47 bits per heavy atom. The van der Waals surface area contributed by atoms with E-state index in [2.05, 4.69) is 4.98 Å². The van der Waals surface area contributed by atoms with Crippen LogP contribution in [0.15, 0.2) is 18.3 Å². The maximum Gasteiger partial charge on any atom is 0.326 e. The van der Waals surface area contributed by atoms with E-state index in [1.165, 1.54) is 0 Å². The van der Waals surface area contributed by atoms with Gasteiger partial charge in [0.2, 0.25) is 0 Å². The molecule has 80 valence electrons. The number of hydrogen-bond donors (Lipinski definition) is 1. The van der Waals surface area contributed by atoms with Gasteiger partial charge in [-0.1, -0.05) is 0 Å². The molecule has 1 fully saturated rings. The largest absolute Gasteiger partial charge is 0.480 e.